The van der Waals surface area contributed by atoms with Crippen LogP contribution in [0, 0.1) is 0 Å². The number of nitrogens with one attached hydrogen (secondary N) is 1. The third kappa shape index (κ3) is 3.23. The van der Waals surface area contributed by atoms with Gasteiger partial charge in [0.15, 0.2) is 0 Å². The number of benzene rings is 2. The maximum Gasteiger partial charge on any atom is 0.141 e. The Morgan fingerprint density at radius 1 is 1.05 bits per heavy atom. The first-order chi connectivity index (χ1) is 10.4. The van der Waals surface area contributed by atoms with Crippen LogP contribution < -0.4 is 10.1 Å². The highest BCUT2D eigenvalue weighted by Crippen LogP contribution is 2.25. The van der Waals surface area contributed by atoms with Crippen molar-refractivity contribution >= 4 is 17.0 Å². The number of para-hydroxylation sites is 2. The van der Waals surface area contributed by atoms with Crippen LogP contribution in [-0.2, 0) is 6.54 Å². The summed E-state index contributed by atoms with van der Waals surface area (Å²) in [5.41, 5.74) is 3.16. The van der Waals surface area contributed by atoms with Crippen molar-refractivity contribution in [2.24, 2.45) is 0 Å². The fraction of sp³-hybridized carbons (Fsp3) is 0.118. The summed E-state index contributed by atoms with van der Waals surface area (Å²) in [6, 6.07) is 18.1. The predicted octanol–water partition coefficient (Wildman–Crippen LogP) is 4.43. The lowest BCUT2D eigenvalue weighted by molar-refractivity contribution is 0.416. The fourth-order valence-electron chi connectivity index (χ4n) is 2.10. The molecule has 1 heterocycles. The third-order valence-electron chi connectivity index (χ3n) is 3.16. The SMILES string of the molecule is COc1ccccc1NCc1nc(-c2ccccc2)cs1. The van der Waals surface area contributed by atoms with Crippen molar-refractivity contribution in [3.63, 3.8) is 0 Å². The summed E-state index contributed by atoms with van der Waals surface area (Å²) in [6.45, 7) is 0.692. The molecule has 3 rings (SSSR count). The van der Waals surface area contributed by atoms with E-state index >= 15 is 0 Å². The Bertz CT molecular complexity index is 710. The number of hydrogen-bond acceptors (Lipinski definition) is 4. The lowest BCUT2D eigenvalue weighted by Crippen LogP contribution is -2.00. The number of aromatic nitrogens is 1. The zero-order valence-electron chi connectivity index (χ0n) is 11.7. The summed E-state index contributed by atoms with van der Waals surface area (Å²) in [4.78, 5) is 4.67. The molecule has 1 N–H and O–H groups in total. The summed E-state index contributed by atoms with van der Waals surface area (Å²) >= 11 is 1.66. The van der Waals surface area contributed by atoms with Crippen molar-refractivity contribution in [3.8, 4) is 17.0 Å². The Labute approximate surface area is 128 Å². The average Bonchev–Trinajstić information content (AvgIpc) is 3.03. The van der Waals surface area contributed by atoms with Gasteiger partial charge in [0.1, 0.15) is 10.8 Å². The quantitative estimate of drug-likeness (QED) is 0.756. The minimum absolute atomic E-state index is 0.692. The Hall–Kier alpha value is -2.33. The van der Waals surface area contributed by atoms with E-state index in [-0.39, 0.29) is 0 Å². The number of hydrogen-bond donors (Lipinski definition) is 1. The van der Waals surface area contributed by atoms with E-state index in [9.17, 15) is 0 Å². The number of nitrogens with zero attached hydrogens (tertiary/aromatic N) is 1. The second-order valence-electron chi connectivity index (χ2n) is 4.55. The van der Waals surface area contributed by atoms with Gasteiger partial charge >= 0.3 is 0 Å². The van der Waals surface area contributed by atoms with Gasteiger partial charge in [0.2, 0.25) is 0 Å². The van der Waals surface area contributed by atoms with Gasteiger partial charge < -0.3 is 10.1 Å². The number of methoxy groups -OCH3 is 1. The van der Waals surface area contributed by atoms with Gasteiger partial charge in [-0.1, -0.05) is 42.5 Å². The lowest BCUT2D eigenvalue weighted by Gasteiger charge is -2.09. The molecular formula is C17H16N2OS. The van der Waals surface area contributed by atoms with Crippen LogP contribution in [-0.4, -0.2) is 12.1 Å². The molecule has 1 aromatic heterocycles. The third-order valence-corrected chi connectivity index (χ3v) is 4.01. The molecule has 106 valence electrons. The van der Waals surface area contributed by atoms with Gasteiger partial charge in [-0.05, 0) is 12.1 Å². The van der Waals surface area contributed by atoms with Crippen molar-refractivity contribution in [2.75, 3.05) is 12.4 Å². The summed E-state index contributed by atoms with van der Waals surface area (Å²) in [7, 11) is 1.68. The smallest absolute Gasteiger partial charge is 0.141 e. The molecule has 4 heteroatoms. The Morgan fingerprint density at radius 3 is 2.62 bits per heavy atom. The van der Waals surface area contributed by atoms with E-state index in [1.165, 1.54) is 0 Å². The van der Waals surface area contributed by atoms with E-state index in [2.05, 4.69) is 27.8 Å². The summed E-state index contributed by atoms with van der Waals surface area (Å²) in [6.07, 6.45) is 0. The average molecular weight is 296 g/mol. The van der Waals surface area contributed by atoms with E-state index in [0.29, 0.717) is 6.54 Å². The molecule has 0 radical (unpaired) electrons. The van der Waals surface area contributed by atoms with Crippen molar-refractivity contribution in [2.45, 2.75) is 6.54 Å². The minimum atomic E-state index is 0.692. The molecule has 0 fully saturated rings. The number of ether oxygens (including phenoxy) is 1. The lowest BCUT2D eigenvalue weighted by atomic mass is 10.2. The van der Waals surface area contributed by atoms with E-state index in [0.717, 1.165) is 27.7 Å². The minimum Gasteiger partial charge on any atom is -0.495 e. The number of thiazole rings is 1. The Morgan fingerprint density at radius 2 is 1.81 bits per heavy atom. The molecule has 0 unspecified atom stereocenters. The van der Waals surface area contributed by atoms with E-state index < -0.39 is 0 Å². The largest absolute Gasteiger partial charge is 0.495 e. The fourth-order valence-corrected chi connectivity index (χ4v) is 2.84. The molecule has 0 aliphatic carbocycles. The molecule has 3 nitrogen and oxygen atoms in total. The molecule has 21 heavy (non-hydrogen) atoms. The van der Waals surface area contributed by atoms with Crippen LogP contribution in [0.4, 0.5) is 5.69 Å². The van der Waals surface area contributed by atoms with Gasteiger partial charge in [-0.3, -0.25) is 0 Å². The summed E-state index contributed by atoms with van der Waals surface area (Å²) < 4.78 is 5.33. The topological polar surface area (TPSA) is 34.1 Å². The molecule has 3 aromatic rings. The van der Waals surface area contributed by atoms with E-state index in [1.54, 1.807) is 18.4 Å². The van der Waals surface area contributed by atoms with Crippen LogP contribution in [0.25, 0.3) is 11.3 Å². The van der Waals surface area contributed by atoms with Gasteiger partial charge in [0, 0.05) is 10.9 Å². The Kier molecular flexibility index (Phi) is 4.17. The summed E-state index contributed by atoms with van der Waals surface area (Å²) in [5.74, 6) is 0.845. The molecule has 0 aliphatic heterocycles. The van der Waals surface area contributed by atoms with Gasteiger partial charge in [-0.25, -0.2) is 4.98 Å². The van der Waals surface area contributed by atoms with Gasteiger partial charge in [0.25, 0.3) is 0 Å². The van der Waals surface area contributed by atoms with Gasteiger partial charge in [-0.15, -0.1) is 11.3 Å². The molecular weight excluding hydrogens is 280 g/mol. The van der Waals surface area contributed by atoms with Crippen LogP contribution in [0.15, 0.2) is 60.0 Å². The van der Waals surface area contributed by atoms with Crippen LogP contribution in [0.3, 0.4) is 0 Å². The first-order valence-corrected chi connectivity index (χ1v) is 7.61. The molecule has 0 amide bonds. The highest BCUT2D eigenvalue weighted by atomic mass is 32.1. The molecule has 0 saturated carbocycles. The van der Waals surface area contributed by atoms with E-state index in [1.807, 2.05) is 42.5 Å². The zero-order valence-corrected chi connectivity index (χ0v) is 12.6. The van der Waals surface area contributed by atoms with Crippen molar-refractivity contribution in [1.82, 2.24) is 4.98 Å². The predicted molar refractivity (Wildman–Crippen MR) is 87.9 cm³/mol. The molecule has 0 bridgehead atoms. The van der Waals surface area contributed by atoms with Crippen LogP contribution in [0.1, 0.15) is 5.01 Å². The van der Waals surface area contributed by atoms with Crippen molar-refractivity contribution < 1.29 is 4.74 Å². The van der Waals surface area contributed by atoms with Crippen LogP contribution >= 0.6 is 11.3 Å². The van der Waals surface area contributed by atoms with Crippen molar-refractivity contribution in [1.29, 1.82) is 0 Å². The monoisotopic (exact) mass is 296 g/mol. The van der Waals surface area contributed by atoms with E-state index in [4.69, 9.17) is 4.74 Å². The molecule has 0 saturated heterocycles. The Balaban J connectivity index is 1.71. The normalized spacial score (nSPS) is 10.3. The zero-order chi connectivity index (χ0) is 14.5. The second kappa shape index (κ2) is 6.41. The maximum absolute atomic E-state index is 5.33. The molecule has 2 aromatic carbocycles. The van der Waals surface area contributed by atoms with Gasteiger partial charge in [-0.2, -0.15) is 0 Å². The number of rotatable bonds is 5. The first kappa shape index (κ1) is 13.6. The molecule has 0 spiro atoms. The highest BCUT2D eigenvalue weighted by molar-refractivity contribution is 7.09. The maximum atomic E-state index is 5.33. The first-order valence-electron chi connectivity index (χ1n) is 6.73. The standard InChI is InChI=1S/C17H16N2OS/c1-20-16-10-6-5-9-14(16)18-11-17-19-15(12-21-17)13-7-3-2-4-8-13/h2-10,12,18H,11H2,1H3. The van der Waals surface area contributed by atoms with Gasteiger partial charge in [0.05, 0.1) is 25.0 Å². The molecule has 0 aliphatic rings. The molecule has 0 atom stereocenters. The van der Waals surface area contributed by atoms with Crippen molar-refractivity contribution in [3.05, 3.63) is 65.0 Å². The highest BCUT2D eigenvalue weighted by Gasteiger charge is 2.05. The number of anilines is 1. The summed E-state index contributed by atoms with van der Waals surface area (Å²) in [5, 5.41) is 6.52. The second-order valence-corrected chi connectivity index (χ2v) is 5.49. The van der Waals surface area contributed by atoms with Crippen LogP contribution in [0.2, 0.25) is 0 Å². The van der Waals surface area contributed by atoms with Crippen LogP contribution in [0.5, 0.6) is 5.75 Å².